The lowest BCUT2D eigenvalue weighted by molar-refractivity contribution is 0.0810. The molecular weight excluding hydrogens is 320 g/mol. The molecular formula is C23H26N2O. The zero-order chi connectivity index (χ0) is 17.5. The van der Waals surface area contributed by atoms with E-state index in [1.165, 1.54) is 36.8 Å². The summed E-state index contributed by atoms with van der Waals surface area (Å²) in [4.78, 5) is 4.31. The van der Waals surface area contributed by atoms with Gasteiger partial charge in [-0.3, -0.25) is 0 Å². The first-order valence-corrected chi connectivity index (χ1v) is 9.98. The maximum Gasteiger partial charge on any atom is 0.0992 e. The summed E-state index contributed by atoms with van der Waals surface area (Å²) in [6, 6.07) is 13.1. The largest absolute Gasteiger partial charge is 0.388 e. The Labute approximate surface area is 154 Å². The first kappa shape index (κ1) is 16.1. The molecule has 0 amide bonds. The Morgan fingerprint density at radius 3 is 2.38 bits per heavy atom. The third-order valence-corrected chi connectivity index (χ3v) is 6.47. The highest BCUT2D eigenvalue weighted by atomic mass is 16.3. The second-order valence-corrected chi connectivity index (χ2v) is 8.11. The number of aromatic nitrogens is 2. The third-order valence-electron chi connectivity index (χ3n) is 6.47. The molecule has 2 aliphatic rings. The Balaban J connectivity index is 1.39. The van der Waals surface area contributed by atoms with Crippen molar-refractivity contribution >= 4 is 5.52 Å². The van der Waals surface area contributed by atoms with Crippen molar-refractivity contribution in [1.29, 1.82) is 0 Å². The molecule has 1 unspecified atom stereocenters. The highest BCUT2D eigenvalue weighted by molar-refractivity contribution is 5.59. The number of aliphatic hydroxyl groups is 1. The van der Waals surface area contributed by atoms with Crippen molar-refractivity contribution in [1.82, 2.24) is 9.38 Å². The lowest BCUT2D eigenvalue weighted by Gasteiger charge is -2.33. The molecule has 134 valence electrons. The number of fused-ring (bicyclic) bond motifs is 1. The van der Waals surface area contributed by atoms with Crippen LogP contribution in [0, 0.1) is 5.92 Å². The van der Waals surface area contributed by atoms with E-state index >= 15 is 0 Å². The topological polar surface area (TPSA) is 37.5 Å². The Kier molecular flexibility index (Phi) is 4.05. The van der Waals surface area contributed by atoms with Crippen LogP contribution in [-0.2, 0) is 0 Å². The van der Waals surface area contributed by atoms with Gasteiger partial charge >= 0.3 is 0 Å². The Morgan fingerprint density at radius 2 is 1.65 bits per heavy atom. The first-order chi connectivity index (χ1) is 12.8. The van der Waals surface area contributed by atoms with E-state index in [9.17, 15) is 5.11 Å². The van der Waals surface area contributed by atoms with Gasteiger partial charge in [0.2, 0.25) is 0 Å². The highest BCUT2D eigenvalue weighted by Crippen LogP contribution is 2.47. The predicted octanol–water partition coefficient (Wildman–Crippen LogP) is 5.22. The molecule has 1 atom stereocenters. The molecule has 0 radical (unpaired) electrons. The zero-order valence-electron chi connectivity index (χ0n) is 15.1. The van der Waals surface area contributed by atoms with E-state index < -0.39 is 0 Å². The van der Waals surface area contributed by atoms with E-state index in [1.807, 2.05) is 12.5 Å². The highest BCUT2D eigenvalue weighted by Gasteiger charge is 2.34. The minimum absolute atomic E-state index is 0.355. The van der Waals surface area contributed by atoms with Crippen LogP contribution in [0.15, 0.2) is 55.1 Å². The minimum atomic E-state index is -0.372. The van der Waals surface area contributed by atoms with Crippen molar-refractivity contribution < 1.29 is 5.11 Å². The van der Waals surface area contributed by atoms with Gasteiger partial charge in [-0.05, 0) is 73.5 Å². The fourth-order valence-corrected chi connectivity index (χ4v) is 4.83. The van der Waals surface area contributed by atoms with Gasteiger partial charge in [-0.25, -0.2) is 4.98 Å². The molecule has 26 heavy (non-hydrogen) atoms. The van der Waals surface area contributed by atoms with Crippen LogP contribution in [0.5, 0.6) is 0 Å². The lowest BCUT2D eigenvalue weighted by atomic mass is 9.75. The average Bonchev–Trinajstić information content (AvgIpc) is 3.44. The fourth-order valence-electron chi connectivity index (χ4n) is 4.83. The number of aliphatic hydroxyl groups excluding tert-OH is 1. The predicted molar refractivity (Wildman–Crippen MR) is 103 cm³/mol. The van der Waals surface area contributed by atoms with Gasteiger partial charge in [0.15, 0.2) is 0 Å². The second-order valence-electron chi connectivity index (χ2n) is 8.11. The second kappa shape index (κ2) is 6.55. The van der Waals surface area contributed by atoms with Gasteiger partial charge in [-0.2, -0.15) is 0 Å². The van der Waals surface area contributed by atoms with Crippen LogP contribution >= 0.6 is 0 Å². The lowest BCUT2D eigenvalue weighted by Crippen LogP contribution is -2.21. The van der Waals surface area contributed by atoms with Crippen LogP contribution in [0.2, 0.25) is 0 Å². The van der Waals surface area contributed by atoms with Crippen LogP contribution in [0.4, 0.5) is 0 Å². The van der Waals surface area contributed by atoms with E-state index in [-0.39, 0.29) is 6.10 Å². The maximum absolute atomic E-state index is 11.3. The molecule has 5 rings (SSSR count). The van der Waals surface area contributed by atoms with Crippen molar-refractivity contribution in [2.75, 3.05) is 0 Å². The molecule has 2 aliphatic carbocycles. The fraction of sp³-hybridized carbons (Fsp3) is 0.435. The summed E-state index contributed by atoms with van der Waals surface area (Å²) in [5.41, 5.74) is 5.05. The number of pyridine rings is 1. The Morgan fingerprint density at radius 1 is 0.923 bits per heavy atom. The third kappa shape index (κ3) is 2.84. The molecule has 1 N–H and O–H groups in total. The summed E-state index contributed by atoms with van der Waals surface area (Å²) < 4.78 is 2.06. The van der Waals surface area contributed by atoms with Crippen LogP contribution in [0.3, 0.4) is 0 Å². The van der Waals surface area contributed by atoms with E-state index in [4.69, 9.17) is 0 Å². The van der Waals surface area contributed by atoms with Gasteiger partial charge in [-0.15, -0.1) is 0 Å². The average molecular weight is 346 g/mol. The number of hydrogen-bond donors (Lipinski definition) is 1. The standard InChI is InChI=1S/C23H26N2O/c26-23(19-10-6-17(7-11-19)16-4-2-1-3-5-16)22-20(18-8-9-18)12-13-25-15-24-14-21(22)25/h1-5,12-15,17-19,23,26H,6-11H2. The van der Waals surface area contributed by atoms with Gasteiger partial charge in [0, 0.05) is 11.8 Å². The van der Waals surface area contributed by atoms with Crippen molar-refractivity contribution in [3.8, 4) is 0 Å². The number of hydrogen-bond acceptors (Lipinski definition) is 2. The Bertz CT molecular complexity index is 889. The van der Waals surface area contributed by atoms with Crippen molar-refractivity contribution in [3.63, 3.8) is 0 Å². The monoisotopic (exact) mass is 346 g/mol. The van der Waals surface area contributed by atoms with Crippen LogP contribution < -0.4 is 0 Å². The van der Waals surface area contributed by atoms with Crippen molar-refractivity contribution in [2.45, 2.75) is 56.5 Å². The summed E-state index contributed by atoms with van der Waals surface area (Å²) in [5, 5.41) is 11.3. The summed E-state index contributed by atoms with van der Waals surface area (Å²) >= 11 is 0. The van der Waals surface area contributed by atoms with E-state index in [1.54, 1.807) is 0 Å². The quantitative estimate of drug-likeness (QED) is 0.703. The van der Waals surface area contributed by atoms with Gasteiger partial charge in [-0.1, -0.05) is 30.3 Å². The van der Waals surface area contributed by atoms with Crippen LogP contribution in [0.1, 0.15) is 73.2 Å². The van der Waals surface area contributed by atoms with Crippen molar-refractivity contribution in [3.05, 3.63) is 71.8 Å². The van der Waals surface area contributed by atoms with E-state index in [0.717, 1.165) is 23.9 Å². The number of nitrogens with zero attached hydrogens (tertiary/aromatic N) is 2. The minimum Gasteiger partial charge on any atom is -0.388 e. The summed E-state index contributed by atoms with van der Waals surface area (Å²) in [6.07, 6.45) is 12.5. The molecule has 3 nitrogen and oxygen atoms in total. The van der Waals surface area contributed by atoms with Gasteiger partial charge < -0.3 is 9.51 Å². The van der Waals surface area contributed by atoms with Gasteiger partial charge in [0.1, 0.15) is 0 Å². The molecule has 0 aliphatic heterocycles. The molecule has 0 spiro atoms. The zero-order valence-corrected chi connectivity index (χ0v) is 15.1. The molecule has 0 bridgehead atoms. The molecule has 1 aromatic carbocycles. The summed E-state index contributed by atoms with van der Waals surface area (Å²) in [6.45, 7) is 0. The first-order valence-electron chi connectivity index (χ1n) is 9.98. The molecule has 3 aromatic rings. The molecule has 2 saturated carbocycles. The van der Waals surface area contributed by atoms with Gasteiger partial charge in [0.25, 0.3) is 0 Å². The summed E-state index contributed by atoms with van der Waals surface area (Å²) in [5.74, 6) is 1.64. The SMILES string of the molecule is OC(c1c(C2CC2)ccn2cncc12)C1CCC(c2ccccc2)CC1. The molecule has 2 aromatic heterocycles. The van der Waals surface area contributed by atoms with Crippen molar-refractivity contribution in [2.24, 2.45) is 5.92 Å². The molecule has 0 saturated heterocycles. The van der Waals surface area contributed by atoms with Crippen LogP contribution in [0.25, 0.3) is 5.52 Å². The van der Waals surface area contributed by atoms with Crippen LogP contribution in [-0.4, -0.2) is 14.5 Å². The van der Waals surface area contributed by atoms with Gasteiger partial charge in [0.05, 0.1) is 24.1 Å². The number of imidazole rings is 1. The number of rotatable bonds is 4. The van der Waals surface area contributed by atoms with E-state index in [2.05, 4.69) is 52.0 Å². The maximum atomic E-state index is 11.3. The Hall–Kier alpha value is -2.13. The molecule has 2 heterocycles. The normalized spacial score (nSPS) is 24.7. The number of benzene rings is 1. The molecule has 3 heteroatoms. The smallest absolute Gasteiger partial charge is 0.0992 e. The summed E-state index contributed by atoms with van der Waals surface area (Å²) in [7, 11) is 0. The molecule has 2 fully saturated rings. The van der Waals surface area contributed by atoms with E-state index in [0.29, 0.717) is 17.8 Å².